The van der Waals surface area contributed by atoms with Gasteiger partial charge in [-0.15, -0.1) is 0 Å². The number of esters is 1. The molecule has 2 aromatic rings. The molecule has 0 saturated heterocycles. The number of nitrogens with zero attached hydrogens (tertiary/aromatic N) is 1. The monoisotopic (exact) mass is 384 g/mol. The molecule has 1 heterocycles. The second kappa shape index (κ2) is 8.09. The van der Waals surface area contributed by atoms with E-state index in [2.05, 4.69) is 5.32 Å². The van der Waals surface area contributed by atoms with Gasteiger partial charge in [-0.25, -0.2) is 4.79 Å². The molecule has 1 aliphatic rings. The summed E-state index contributed by atoms with van der Waals surface area (Å²) in [7, 11) is 3.01. The van der Waals surface area contributed by atoms with Crippen LogP contribution in [0.25, 0.3) is 5.69 Å². The van der Waals surface area contributed by atoms with Crippen LogP contribution in [0.2, 0.25) is 0 Å². The molecule has 150 valence electrons. The second-order valence-electron chi connectivity index (χ2n) is 7.41. The van der Waals surface area contributed by atoms with Gasteiger partial charge in [0.1, 0.15) is 11.3 Å². The Kier molecular flexibility index (Phi) is 5.77. The van der Waals surface area contributed by atoms with E-state index < -0.39 is 5.54 Å². The van der Waals surface area contributed by atoms with Gasteiger partial charge in [-0.05, 0) is 57.0 Å². The predicted octanol–water partition coefficient (Wildman–Crippen LogP) is 3.71. The molecule has 6 heteroatoms. The highest BCUT2D eigenvalue weighted by atomic mass is 16.5. The van der Waals surface area contributed by atoms with Crippen molar-refractivity contribution >= 4 is 11.9 Å². The minimum Gasteiger partial charge on any atom is -0.497 e. The molecule has 1 amide bonds. The zero-order valence-electron chi connectivity index (χ0n) is 17.0. The lowest BCUT2D eigenvalue weighted by atomic mass is 9.81. The van der Waals surface area contributed by atoms with Crippen LogP contribution < -0.4 is 10.1 Å². The van der Waals surface area contributed by atoms with Crippen molar-refractivity contribution in [2.24, 2.45) is 0 Å². The Hall–Kier alpha value is -2.76. The van der Waals surface area contributed by atoms with Crippen LogP contribution >= 0.6 is 0 Å². The van der Waals surface area contributed by atoms with Gasteiger partial charge in [0.2, 0.25) is 0 Å². The summed E-state index contributed by atoms with van der Waals surface area (Å²) in [6.45, 7) is 3.88. The zero-order valence-corrected chi connectivity index (χ0v) is 17.0. The number of benzene rings is 1. The summed E-state index contributed by atoms with van der Waals surface area (Å²) in [6, 6.07) is 9.56. The number of carbonyl (C=O) groups excluding carboxylic acids is 2. The molecule has 1 fully saturated rings. The minimum atomic E-state index is -0.924. The minimum absolute atomic E-state index is 0.236. The lowest BCUT2D eigenvalue weighted by Gasteiger charge is -2.35. The topological polar surface area (TPSA) is 69.6 Å². The first-order valence-electron chi connectivity index (χ1n) is 9.66. The smallest absolute Gasteiger partial charge is 0.331 e. The van der Waals surface area contributed by atoms with Gasteiger partial charge in [-0.2, -0.15) is 0 Å². The average molecular weight is 384 g/mol. The summed E-state index contributed by atoms with van der Waals surface area (Å²) >= 11 is 0. The first-order valence-corrected chi connectivity index (χ1v) is 9.66. The van der Waals surface area contributed by atoms with Crippen molar-refractivity contribution in [3.63, 3.8) is 0 Å². The Morgan fingerprint density at radius 1 is 1.04 bits per heavy atom. The van der Waals surface area contributed by atoms with E-state index >= 15 is 0 Å². The van der Waals surface area contributed by atoms with Crippen LogP contribution in [0, 0.1) is 13.8 Å². The van der Waals surface area contributed by atoms with Crippen molar-refractivity contribution in [1.29, 1.82) is 0 Å². The number of hydrogen-bond acceptors (Lipinski definition) is 4. The molecule has 1 aliphatic carbocycles. The first-order chi connectivity index (χ1) is 13.4. The molecule has 28 heavy (non-hydrogen) atoms. The highest BCUT2D eigenvalue weighted by Crippen LogP contribution is 2.30. The highest BCUT2D eigenvalue weighted by molar-refractivity contribution is 5.99. The standard InChI is InChI=1S/C22H28N2O4/c1-15-14-19(16(2)24(15)17-8-10-18(27-3)11-9-17)20(25)23-22(21(26)28-4)12-6-5-7-13-22/h8-11,14H,5-7,12-13H2,1-4H3,(H,23,25). The fraction of sp³-hybridized carbons (Fsp3) is 0.455. The SMILES string of the molecule is COC(=O)C1(NC(=O)c2cc(C)n(-c3ccc(OC)cc3)c2C)CCCCC1. The normalized spacial score (nSPS) is 15.7. The van der Waals surface area contributed by atoms with E-state index in [1.165, 1.54) is 7.11 Å². The molecular weight excluding hydrogens is 356 g/mol. The third kappa shape index (κ3) is 3.63. The Morgan fingerprint density at radius 2 is 1.68 bits per heavy atom. The van der Waals surface area contributed by atoms with Crippen molar-refractivity contribution in [3.05, 3.63) is 47.3 Å². The van der Waals surface area contributed by atoms with Crippen LogP contribution in [0.4, 0.5) is 0 Å². The number of methoxy groups -OCH3 is 2. The fourth-order valence-corrected chi connectivity index (χ4v) is 4.14. The number of rotatable bonds is 5. The molecule has 0 bridgehead atoms. The van der Waals surface area contributed by atoms with Crippen molar-refractivity contribution in [3.8, 4) is 11.4 Å². The third-order valence-corrected chi connectivity index (χ3v) is 5.64. The Morgan fingerprint density at radius 3 is 2.25 bits per heavy atom. The predicted molar refractivity (Wildman–Crippen MR) is 107 cm³/mol. The maximum atomic E-state index is 13.1. The summed E-state index contributed by atoms with van der Waals surface area (Å²) in [5, 5.41) is 3.00. The molecule has 0 aliphatic heterocycles. The van der Waals surface area contributed by atoms with Crippen LogP contribution in [-0.2, 0) is 9.53 Å². The number of hydrogen-bond donors (Lipinski definition) is 1. The number of carbonyl (C=O) groups is 2. The van der Waals surface area contributed by atoms with Gasteiger partial charge in [-0.3, -0.25) is 4.79 Å². The van der Waals surface area contributed by atoms with Gasteiger partial charge in [0, 0.05) is 17.1 Å². The van der Waals surface area contributed by atoms with Crippen LogP contribution in [-0.4, -0.2) is 36.2 Å². The maximum absolute atomic E-state index is 13.1. The van der Waals surface area contributed by atoms with E-state index in [4.69, 9.17) is 9.47 Å². The molecular formula is C22H28N2O4. The molecule has 0 spiro atoms. The van der Waals surface area contributed by atoms with E-state index in [0.29, 0.717) is 18.4 Å². The number of amides is 1. The zero-order chi connectivity index (χ0) is 20.3. The van der Waals surface area contributed by atoms with Crippen LogP contribution in [0.5, 0.6) is 5.75 Å². The molecule has 1 saturated carbocycles. The highest BCUT2D eigenvalue weighted by Gasteiger charge is 2.42. The Bertz CT molecular complexity index is 861. The molecule has 3 rings (SSSR count). The van der Waals surface area contributed by atoms with E-state index in [1.54, 1.807) is 7.11 Å². The summed E-state index contributed by atoms with van der Waals surface area (Å²) < 4.78 is 12.3. The van der Waals surface area contributed by atoms with E-state index in [0.717, 1.165) is 42.1 Å². The quantitative estimate of drug-likeness (QED) is 0.798. The van der Waals surface area contributed by atoms with Gasteiger partial charge in [0.05, 0.1) is 19.8 Å². The average Bonchev–Trinajstić information content (AvgIpc) is 3.02. The van der Waals surface area contributed by atoms with E-state index in [9.17, 15) is 9.59 Å². The van der Waals surface area contributed by atoms with Gasteiger partial charge in [0.15, 0.2) is 0 Å². The Labute approximate surface area is 165 Å². The van der Waals surface area contributed by atoms with Crippen LogP contribution in [0.3, 0.4) is 0 Å². The summed E-state index contributed by atoms with van der Waals surface area (Å²) in [5.74, 6) is 0.186. The van der Waals surface area contributed by atoms with Crippen molar-refractivity contribution in [2.75, 3.05) is 14.2 Å². The van der Waals surface area contributed by atoms with Crippen LogP contribution in [0.15, 0.2) is 30.3 Å². The fourth-order valence-electron chi connectivity index (χ4n) is 4.14. The molecule has 1 aromatic carbocycles. The van der Waals surface area contributed by atoms with Gasteiger partial charge in [0.25, 0.3) is 5.91 Å². The number of aryl methyl sites for hydroxylation is 1. The molecule has 0 atom stereocenters. The third-order valence-electron chi connectivity index (χ3n) is 5.64. The summed E-state index contributed by atoms with van der Waals surface area (Å²) in [6.07, 6.45) is 4.10. The van der Waals surface area contributed by atoms with Crippen molar-refractivity contribution < 1.29 is 19.1 Å². The van der Waals surface area contributed by atoms with Crippen molar-refractivity contribution in [1.82, 2.24) is 9.88 Å². The summed E-state index contributed by atoms with van der Waals surface area (Å²) in [4.78, 5) is 25.5. The lowest BCUT2D eigenvalue weighted by Crippen LogP contribution is -2.56. The van der Waals surface area contributed by atoms with Gasteiger partial charge in [-0.1, -0.05) is 19.3 Å². The van der Waals surface area contributed by atoms with E-state index in [-0.39, 0.29) is 11.9 Å². The molecule has 1 aromatic heterocycles. The number of aromatic nitrogens is 1. The molecule has 0 unspecified atom stereocenters. The molecule has 1 N–H and O–H groups in total. The maximum Gasteiger partial charge on any atom is 0.331 e. The largest absolute Gasteiger partial charge is 0.497 e. The lowest BCUT2D eigenvalue weighted by molar-refractivity contribution is -0.149. The molecule has 0 radical (unpaired) electrons. The summed E-state index contributed by atoms with van der Waals surface area (Å²) in [5.41, 5.74) is 2.38. The number of ether oxygens (including phenoxy) is 2. The van der Waals surface area contributed by atoms with Gasteiger partial charge < -0.3 is 19.4 Å². The van der Waals surface area contributed by atoms with Crippen LogP contribution in [0.1, 0.15) is 53.8 Å². The number of nitrogens with one attached hydrogen (secondary N) is 1. The van der Waals surface area contributed by atoms with E-state index in [1.807, 2.05) is 48.7 Å². The Balaban J connectivity index is 1.91. The van der Waals surface area contributed by atoms with Gasteiger partial charge >= 0.3 is 5.97 Å². The second-order valence-corrected chi connectivity index (χ2v) is 7.41. The van der Waals surface area contributed by atoms with Crippen molar-refractivity contribution in [2.45, 2.75) is 51.5 Å². The first kappa shape index (κ1) is 20.0. The molecule has 6 nitrogen and oxygen atoms in total.